The van der Waals surface area contributed by atoms with E-state index in [4.69, 9.17) is 11.6 Å². The summed E-state index contributed by atoms with van der Waals surface area (Å²) in [5.41, 5.74) is -0.0951. The Kier molecular flexibility index (Phi) is 3.40. The topological polar surface area (TPSA) is 62.8 Å². The van der Waals surface area contributed by atoms with E-state index in [1.165, 1.54) is 17.5 Å². The predicted molar refractivity (Wildman–Crippen MR) is 67.0 cm³/mol. The summed E-state index contributed by atoms with van der Waals surface area (Å²) in [5.74, 6) is -0.0631. The molecule has 0 radical (unpaired) electrons. The van der Waals surface area contributed by atoms with Crippen molar-refractivity contribution in [3.63, 3.8) is 0 Å². The van der Waals surface area contributed by atoms with Gasteiger partial charge in [0, 0.05) is 10.6 Å². The monoisotopic (exact) mass is 268 g/mol. The highest BCUT2D eigenvalue weighted by atomic mass is 35.5. The molecular formula is C11H9ClN2O2S. The number of rotatable bonds is 3. The second kappa shape index (κ2) is 4.81. The largest absolute Gasteiger partial charge is 0.345 e. The van der Waals surface area contributed by atoms with Crippen LogP contribution < -0.4 is 5.69 Å². The summed E-state index contributed by atoms with van der Waals surface area (Å²) in [6, 6.07) is 3.66. The van der Waals surface area contributed by atoms with Crippen molar-refractivity contribution in [3.05, 3.63) is 49.3 Å². The molecule has 2 heterocycles. The highest BCUT2D eigenvalue weighted by molar-refractivity contribution is 7.14. The maximum Gasteiger partial charge on any atom is 0.345 e. The van der Waals surface area contributed by atoms with Crippen molar-refractivity contribution in [2.24, 2.45) is 0 Å². The summed E-state index contributed by atoms with van der Waals surface area (Å²) in [6.45, 7) is 1.93. The van der Waals surface area contributed by atoms with E-state index in [-0.39, 0.29) is 12.2 Å². The standard InChI is InChI=1S/C11H9ClN2O2S/c1-6-2-3-10(17-6)9(15)4-8-7(12)5-13-11(16)14-8/h2-3,5H,4H2,1H3,(H,13,14,16). The van der Waals surface area contributed by atoms with Crippen molar-refractivity contribution >= 4 is 28.7 Å². The highest BCUT2D eigenvalue weighted by Gasteiger charge is 2.12. The molecule has 2 rings (SSSR count). The maximum atomic E-state index is 11.9. The van der Waals surface area contributed by atoms with E-state index >= 15 is 0 Å². The number of hydrogen-bond donors (Lipinski definition) is 1. The SMILES string of the molecule is Cc1ccc(C(=O)Cc2[nH]c(=O)ncc2Cl)s1. The molecule has 0 unspecified atom stereocenters. The van der Waals surface area contributed by atoms with Gasteiger partial charge >= 0.3 is 5.69 Å². The fourth-order valence-corrected chi connectivity index (χ4v) is 2.34. The van der Waals surface area contributed by atoms with E-state index in [0.29, 0.717) is 15.6 Å². The minimum Gasteiger partial charge on any atom is -0.308 e. The molecule has 0 spiro atoms. The second-order valence-corrected chi connectivity index (χ2v) is 5.22. The quantitative estimate of drug-likeness (QED) is 0.868. The Morgan fingerprint density at radius 3 is 2.94 bits per heavy atom. The van der Waals surface area contributed by atoms with Crippen LogP contribution in [0, 0.1) is 6.92 Å². The molecule has 0 amide bonds. The molecule has 0 aromatic carbocycles. The molecule has 88 valence electrons. The number of nitrogens with one attached hydrogen (secondary N) is 1. The number of halogens is 1. The number of carbonyl (C=O) groups is 1. The van der Waals surface area contributed by atoms with E-state index in [9.17, 15) is 9.59 Å². The molecule has 1 N–H and O–H groups in total. The summed E-state index contributed by atoms with van der Waals surface area (Å²) in [5, 5.41) is 0.297. The van der Waals surface area contributed by atoms with Gasteiger partial charge in [-0.2, -0.15) is 0 Å². The third-order valence-electron chi connectivity index (χ3n) is 2.19. The molecule has 0 saturated heterocycles. The number of carbonyl (C=O) groups excluding carboxylic acids is 1. The van der Waals surface area contributed by atoms with Crippen LogP contribution in [0.5, 0.6) is 0 Å². The molecule has 2 aromatic heterocycles. The lowest BCUT2D eigenvalue weighted by atomic mass is 10.2. The normalized spacial score (nSPS) is 10.5. The van der Waals surface area contributed by atoms with Crippen LogP contribution in [-0.4, -0.2) is 15.8 Å². The van der Waals surface area contributed by atoms with Gasteiger partial charge in [-0.25, -0.2) is 9.78 Å². The molecule has 0 saturated carbocycles. The van der Waals surface area contributed by atoms with Gasteiger partial charge in [-0.05, 0) is 19.1 Å². The van der Waals surface area contributed by atoms with E-state index < -0.39 is 5.69 Å². The number of aryl methyl sites for hydroxylation is 1. The minimum absolute atomic E-state index is 0.0631. The van der Waals surface area contributed by atoms with Gasteiger partial charge in [0.2, 0.25) is 0 Å². The average Bonchev–Trinajstić information content (AvgIpc) is 2.70. The number of aromatic amines is 1. The van der Waals surface area contributed by atoms with Gasteiger partial charge in [-0.3, -0.25) is 4.79 Å². The minimum atomic E-state index is -0.500. The fraction of sp³-hybridized carbons (Fsp3) is 0.182. The third-order valence-corrected chi connectivity index (χ3v) is 3.56. The Labute approximate surface area is 106 Å². The molecule has 6 heteroatoms. The lowest BCUT2D eigenvalue weighted by Crippen LogP contribution is -2.14. The zero-order valence-electron chi connectivity index (χ0n) is 8.99. The number of H-pyrrole nitrogens is 1. The molecule has 0 aliphatic carbocycles. The van der Waals surface area contributed by atoms with Crippen molar-refractivity contribution in [2.75, 3.05) is 0 Å². The van der Waals surface area contributed by atoms with Gasteiger partial charge in [0.05, 0.1) is 22.5 Å². The molecule has 2 aromatic rings. The van der Waals surface area contributed by atoms with Gasteiger partial charge in [-0.1, -0.05) is 11.6 Å². The number of hydrogen-bond acceptors (Lipinski definition) is 4. The Balaban J connectivity index is 2.24. The van der Waals surface area contributed by atoms with Crippen LogP contribution in [-0.2, 0) is 6.42 Å². The van der Waals surface area contributed by atoms with Gasteiger partial charge in [-0.15, -0.1) is 11.3 Å². The number of Topliss-reactive ketones (excluding diaryl/α,β-unsaturated/α-hetero) is 1. The Bertz CT molecular complexity index is 618. The molecule has 4 nitrogen and oxygen atoms in total. The number of aromatic nitrogens is 2. The van der Waals surface area contributed by atoms with Gasteiger partial charge < -0.3 is 4.98 Å². The van der Waals surface area contributed by atoms with Crippen LogP contribution in [0.2, 0.25) is 5.02 Å². The zero-order valence-corrected chi connectivity index (χ0v) is 10.6. The Hall–Kier alpha value is -1.46. The van der Waals surface area contributed by atoms with Crippen LogP contribution in [0.15, 0.2) is 23.1 Å². The van der Waals surface area contributed by atoms with E-state index in [2.05, 4.69) is 9.97 Å². The lowest BCUT2D eigenvalue weighted by molar-refractivity contribution is 0.0995. The predicted octanol–water partition coefficient (Wildman–Crippen LogP) is 2.22. The average molecular weight is 269 g/mol. The van der Waals surface area contributed by atoms with E-state index in [1.807, 2.05) is 13.0 Å². The molecule has 0 atom stereocenters. The van der Waals surface area contributed by atoms with Gasteiger partial charge in [0.25, 0.3) is 0 Å². The summed E-state index contributed by atoms with van der Waals surface area (Å²) in [7, 11) is 0. The third kappa shape index (κ3) is 2.81. The van der Waals surface area contributed by atoms with Crippen molar-refractivity contribution in [3.8, 4) is 0 Å². The first-order valence-electron chi connectivity index (χ1n) is 4.89. The Morgan fingerprint density at radius 2 is 2.29 bits per heavy atom. The molecule has 0 fully saturated rings. The highest BCUT2D eigenvalue weighted by Crippen LogP contribution is 2.18. The van der Waals surface area contributed by atoms with Crippen LogP contribution in [0.3, 0.4) is 0 Å². The number of nitrogens with zero attached hydrogens (tertiary/aromatic N) is 1. The van der Waals surface area contributed by atoms with E-state index in [1.54, 1.807) is 6.07 Å². The van der Waals surface area contributed by atoms with Crippen molar-refractivity contribution in [2.45, 2.75) is 13.3 Å². The van der Waals surface area contributed by atoms with Crippen LogP contribution in [0.4, 0.5) is 0 Å². The molecule has 17 heavy (non-hydrogen) atoms. The first kappa shape index (κ1) is 12.0. The summed E-state index contributed by atoms with van der Waals surface area (Å²) < 4.78 is 0. The number of thiophene rings is 1. The summed E-state index contributed by atoms with van der Waals surface area (Å²) in [6.07, 6.45) is 1.33. The fourth-order valence-electron chi connectivity index (χ4n) is 1.37. The molecule has 0 aliphatic heterocycles. The second-order valence-electron chi connectivity index (χ2n) is 3.53. The number of ketones is 1. The van der Waals surface area contributed by atoms with Gasteiger partial charge in [0.1, 0.15) is 0 Å². The molecule has 0 bridgehead atoms. The van der Waals surface area contributed by atoms with Crippen LogP contribution in [0.25, 0.3) is 0 Å². The molecule has 0 aliphatic rings. The van der Waals surface area contributed by atoms with Gasteiger partial charge in [0.15, 0.2) is 5.78 Å². The van der Waals surface area contributed by atoms with Crippen molar-refractivity contribution < 1.29 is 4.79 Å². The first-order chi connectivity index (χ1) is 8.06. The first-order valence-corrected chi connectivity index (χ1v) is 6.09. The maximum absolute atomic E-state index is 11.9. The smallest absolute Gasteiger partial charge is 0.308 e. The van der Waals surface area contributed by atoms with Crippen molar-refractivity contribution in [1.82, 2.24) is 9.97 Å². The van der Waals surface area contributed by atoms with Crippen LogP contribution >= 0.6 is 22.9 Å². The Morgan fingerprint density at radius 1 is 1.53 bits per heavy atom. The molecular weight excluding hydrogens is 260 g/mol. The van der Waals surface area contributed by atoms with E-state index in [0.717, 1.165) is 4.88 Å². The summed E-state index contributed by atoms with van der Waals surface area (Å²) >= 11 is 7.28. The van der Waals surface area contributed by atoms with Crippen molar-refractivity contribution in [1.29, 1.82) is 0 Å². The lowest BCUT2D eigenvalue weighted by Gasteiger charge is -2.00. The summed E-state index contributed by atoms with van der Waals surface area (Å²) in [4.78, 5) is 30.6. The van der Waals surface area contributed by atoms with Crippen LogP contribution in [0.1, 0.15) is 20.2 Å². The zero-order chi connectivity index (χ0) is 12.4.